The number of anilines is 2. The zero-order valence-electron chi connectivity index (χ0n) is 14.6. The molecule has 1 aromatic carbocycles. The summed E-state index contributed by atoms with van der Waals surface area (Å²) in [5, 5.41) is 2.88. The van der Waals surface area contributed by atoms with Gasteiger partial charge in [0, 0.05) is 49.8 Å². The summed E-state index contributed by atoms with van der Waals surface area (Å²) in [6, 6.07) is 8.08. The van der Waals surface area contributed by atoms with E-state index in [4.69, 9.17) is 5.73 Å². The maximum atomic E-state index is 12.5. The van der Waals surface area contributed by atoms with Crippen LogP contribution in [0, 0.1) is 0 Å². The van der Waals surface area contributed by atoms with Gasteiger partial charge in [0.2, 0.25) is 17.8 Å². The number of nitrogens with zero attached hydrogens (tertiary/aromatic N) is 4. The number of benzene rings is 1. The molecule has 2 aromatic rings. The van der Waals surface area contributed by atoms with Crippen LogP contribution < -0.4 is 16.0 Å². The normalized spacial score (nSPS) is 16.1. The minimum absolute atomic E-state index is 0.0822. The second-order valence-electron chi connectivity index (χ2n) is 6.18. The molecule has 8 nitrogen and oxygen atoms in total. The molecule has 1 aliphatic rings. The molecule has 0 radical (unpaired) electrons. The van der Waals surface area contributed by atoms with Gasteiger partial charge in [-0.05, 0) is 37.3 Å². The van der Waals surface area contributed by atoms with Gasteiger partial charge >= 0.3 is 0 Å². The predicted octanol–water partition coefficient (Wildman–Crippen LogP) is 0.725. The number of hydrogen-bond donors (Lipinski definition) is 2. The first-order valence-corrected chi connectivity index (χ1v) is 8.51. The average Bonchev–Trinajstić information content (AvgIpc) is 2.68. The third-order valence-corrected chi connectivity index (χ3v) is 4.51. The molecule has 0 saturated carbocycles. The molecule has 1 fully saturated rings. The van der Waals surface area contributed by atoms with E-state index in [1.807, 2.05) is 6.92 Å². The Balaban J connectivity index is 1.53. The molecular weight excluding hydrogens is 332 g/mol. The van der Waals surface area contributed by atoms with Crippen molar-refractivity contribution < 1.29 is 9.59 Å². The van der Waals surface area contributed by atoms with Gasteiger partial charge in [0.25, 0.3) is 0 Å². The van der Waals surface area contributed by atoms with E-state index in [0.717, 1.165) is 32.1 Å². The van der Waals surface area contributed by atoms with Crippen molar-refractivity contribution in [1.82, 2.24) is 14.9 Å². The van der Waals surface area contributed by atoms with Crippen LogP contribution in [0.2, 0.25) is 0 Å². The predicted molar refractivity (Wildman–Crippen MR) is 98.9 cm³/mol. The number of piperazine rings is 1. The molecule has 1 atom stereocenters. The van der Waals surface area contributed by atoms with Crippen molar-refractivity contribution in [3.05, 3.63) is 48.3 Å². The third kappa shape index (κ3) is 4.15. The Morgan fingerprint density at radius 1 is 1.08 bits per heavy atom. The first-order chi connectivity index (χ1) is 12.5. The SMILES string of the molecule is CC(C(=O)Nc1ccc(C(N)=O)cc1)N1CCN(c2ncccn2)CC1. The van der Waals surface area contributed by atoms with Crippen molar-refractivity contribution in [2.45, 2.75) is 13.0 Å². The highest BCUT2D eigenvalue weighted by atomic mass is 16.2. The highest BCUT2D eigenvalue weighted by Gasteiger charge is 2.26. The Morgan fingerprint density at radius 3 is 2.27 bits per heavy atom. The van der Waals surface area contributed by atoms with Crippen molar-refractivity contribution in [1.29, 1.82) is 0 Å². The maximum absolute atomic E-state index is 12.5. The van der Waals surface area contributed by atoms with Crippen LogP contribution in [-0.4, -0.2) is 58.9 Å². The molecule has 3 rings (SSSR count). The Morgan fingerprint density at radius 2 is 1.69 bits per heavy atom. The number of rotatable bonds is 5. The van der Waals surface area contributed by atoms with Crippen molar-refractivity contribution in [3.8, 4) is 0 Å². The number of hydrogen-bond acceptors (Lipinski definition) is 6. The average molecular weight is 354 g/mol. The minimum atomic E-state index is -0.489. The molecule has 8 heteroatoms. The lowest BCUT2D eigenvalue weighted by atomic mass is 10.2. The summed E-state index contributed by atoms with van der Waals surface area (Å²) in [4.78, 5) is 36.4. The highest BCUT2D eigenvalue weighted by molar-refractivity contribution is 5.96. The molecule has 3 N–H and O–H groups in total. The van der Waals surface area contributed by atoms with Crippen LogP contribution in [0.4, 0.5) is 11.6 Å². The Kier molecular flexibility index (Phi) is 5.43. The fourth-order valence-electron chi connectivity index (χ4n) is 2.89. The molecule has 2 amide bonds. The lowest BCUT2D eigenvalue weighted by Crippen LogP contribution is -2.53. The van der Waals surface area contributed by atoms with Gasteiger partial charge in [-0.15, -0.1) is 0 Å². The number of nitrogens with one attached hydrogen (secondary N) is 1. The highest BCUT2D eigenvalue weighted by Crippen LogP contribution is 2.14. The van der Waals surface area contributed by atoms with Crippen molar-refractivity contribution in [2.24, 2.45) is 5.73 Å². The Labute approximate surface area is 152 Å². The van der Waals surface area contributed by atoms with E-state index in [1.54, 1.807) is 42.7 Å². The zero-order valence-corrected chi connectivity index (χ0v) is 14.6. The lowest BCUT2D eigenvalue weighted by Gasteiger charge is -2.37. The van der Waals surface area contributed by atoms with E-state index in [-0.39, 0.29) is 11.9 Å². The van der Waals surface area contributed by atoms with Gasteiger partial charge in [-0.3, -0.25) is 14.5 Å². The van der Waals surface area contributed by atoms with Crippen LogP contribution >= 0.6 is 0 Å². The standard InChI is InChI=1S/C18H22N6O2/c1-13(17(26)22-15-5-3-14(4-6-15)16(19)25)23-9-11-24(12-10-23)18-20-7-2-8-21-18/h2-8,13H,9-12H2,1H3,(H2,19,25)(H,22,26). The zero-order chi connectivity index (χ0) is 18.5. The monoisotopic (exact) mass is 354 g/mol. The van der Waals surface area contributed by atoms with Crippen LogP contribution in [0.25, 0.3) is 0 Å². The van der Waals surface area contributed by atoms with Crippen molar-refractivity contribution in [2.75, 3.05) is 36.4 Å². The molecule has 1 unspecified atom stereocenters. The summed E-state index contributed by atoms with van der Waals surface area (Å²) >= 11 is 0. The number of nitrogens with two attached hydrogens (primary N) is 1. The smallest absolute Gasteiger partial charge is 0.248 e. The van der Waals surface area contributed by atoms with E-state index in [9.17, 15) is 9.59 Å². The fourth-order valence-corrected chi connectivity index (χ4v) is 2.89. The number of carbonyl (C=O) groups excluding carboxylic acids is 2. The van der Waals surface area contributed by atoms with Gasteiger partial charge in [-0.2, -0.15) is 0 Å². The number of primary amides is 1. The van der Waals surface area contributed by atoms with Crippen LogP contribution in [0.15, 0.2) is 42.7 Å². The maximum Gasteiger partial charge on any atom is 0.248 e. The van der Waals surface area contributed by atoms with Crippen LogP contribution in [0.5, 0.6) is 0 Å². The molecule has 1 aliphatic heterocycles. The van der Waals surface area contributed by atoms with Crippen LogP contribution in [-0.2, 0) is 4.79 Å². The third-order valence-electron chi connectivity index (χ3n) is 4.51. The number of amides is 2. The molecule has 0 spiro atoms. The second kappa shape index (κ2) is 7.92. The molecule has 0 aliphatic carbocycles. The van der Waals surface area contributed by atoms with Crippen LogP contribution in [0.3, 0.4) is 0 Å². The molecule has 0 bridgehead atoms. The summed E-state index contributed by atoms with van der Waals surface area (Å²) in [5.74, 6) is 0.150. The van der Waals surface area contributed by atoms with E-state index in [0.29, 0.717) is 11.3 Å². The minimum Gasteiger partial charge on any atom is -0.366 e. The van der Waals surface area contributed by atoms with Crippen LogP contribution in [0.1, 0.15) is 17.3 Å². The summed E-state index contributed by atoms with van der Waals surface area (Å²) < 4.78 is 0. The van der Waals surface area contributed by atoms with E-state index in [2.05, 4.69) is 25.1 Å². The first-order valence-electron chi connectivity index (χ1n) is 8.51. The van der Waals surface area contributed by atoms with Gasteiger partial charge in [-0.25, -0.2) is 9.97 Å². The van der Waals surface area contributed by atoms with Gasteiger partial charge in [0.1, 0.15) is 0 Å². The molecule has 1 aromatic heterocycles. The van der Waals surface area contributed by atoms with Gasteiger partial charge in [0.15, 0.2) is 0 Å². The van der Waals surface area contributed by atoms with Gasteiger partial charge in [-0.1, -0.05) is 0 Å². The number of carbonyl (C=O) groups is 2. The number of aromatic nitrogens is 2. The van der Waals surface area contributed by atoms with E-state index in [1.165, 1.54) is 0 Å². The lowest BCUT2D eigenvalue weighted by molar-refractivity contribution is -0.120. The fraction of sp³-hybridized carbons (Fsp3) is 0.333. The molecular formula is C18H22N6O2. The van der Waals surface area contributed by atoms with Crippen molar-refractivity contribution >= 4 is 23.5 Å². The van der Waals surface area contributed by atoms with Gasteiger partial charge < -0.3 is 16.0 Å². The summed E-state index contributed by atoms with van der Waals surface area (Å²) in [6.45, 7) is 4.95. The quantitative estimate of drug-likeness (QED) is 0.820. The molecule has 136 valence electrons. The topological polar surface area (TPSA) is 104 Å². The summed E-state index contributed by atoms with van der Waals surface area (Å²) in [7, 11) is 0. The largest absolute Gasteiger partial charge is 0.366 e. The molecule has 2 heterocycles. The van der Waals surface area contributed by atoms with Crippen molar-refractivity contribution in [3.63, 3.8) is 0 Å². The molecule has 1 saturated heterocycles. The molecule has 26 heavy (non-hydrogen) atoms. The first kappa shape index (κ1) is 17.8. The van der Waals surface area contributed by atoms with E-state index >= 15 is 0 Å². The van der Waals surface area contributed by atoms with Gasteiger partial charge in [0.05, 0.1) is 6.04 Å². The second-order valence-corrected chi connectivity index (χ2v) is 6.18. The van der Waals surface area contributed by atoms with E-state index < -0.39 is 5.91 Å². The summed E-state index contributed by atoms with van der Waals surface area (Å²) in [6.07, 6.45) is 3.46. The Hall–Kier alpha value is -3.00. The Bertz CT molecular complexity index is 757. The summed E-state index contributed by atoms with van der Waals surface area (Å²) in [5.41, 5.74) is 6.27.